The molecule has 1 atom stereocenters. The van der Waals surface area contributed by atoms with Crippen LogP contribution in [0.4, 0.5) is 0 Å². The maximum atomic E-state index is 5.99. The molecule has 0 saturated heterocycles. The van der Waals surface area contributed by atoms with Crippen LogP contribution in [-0.2, 0) is 6.42 Å². The molecule has 1 unspecified atom stereocenters. The normalized spacial score (nSPS) is 14.3. The van der Waals surface area contributed by atoms with E-state index in [0.29, 0.717) is 6.54 Å². The number of ether oxygens (including phenoxy) is 1. The van der Waals surface area contributed by atoms with Crippen molar-refractivity contribution in [2.45, 2.75) is 45.6 Å². The molecule has 0 bridgehead atoms. The topological polar surface area (TPSA) is 47.3 Å². The molecule has 1 rings (SSSR count). The minimum atomic E-state index is -0.0445. The lowest BCUT2D eigenvalue weighted by Crippen LogP contribution is -2.51. The maximum Gasteiger partial charge on any atom is 0.118 e. The summed E-state index contributed by atoms with van der Waals surface area (Å²) in [4.78, 5) is 0. The van der Waals surface area contributed by atoms with Gasteiger partial charge in [-0.25, -0.2) is 0 Å². The summed E-state index contributed by atoms with van der Waals surface area (Å²) >= 11 is 0. The first-order chi connectivity index (χ1) is 9.56. The molecule has 0 aromatic heterocycles. The number of methoxy groups -OCH3 is 1. The first-order valence-corrected chi connectivity index (χ1v) is 7.65. The molecule has 0 radical (unpaired) electrons. The van der Waals surface area contributed by atoms with Crippen molar-refractivity contribution in [3.8, 4) is 5.75 Å². The van der Waals surface area contributed by atoms with E-state index in [1.165, 1.54) is 18.4 Å². The second-order valence-electron chi connectivity index (χ2n) is 5.85. The average Bonchev–Trinajstić information content (AvgIpc) is 2.49. The van der Waals surface area contributed by atoms with Gasteiger partial charge in [0.25, 0.3) is 0 Å². The van der Waals surface area contributed by atoms with Gasteiger partial charge in [0.15, 0.2) is 0 Å². The Morgan fingerprint density at radius 2 is 1.80 bits per heavy atom. The number of rotatable bonds is 9. The number of benzene rings is 1. The molecule has 0 aliphatic rings. The highest BCUT2D eigenvalue weighted by Crippen LogP contribution is 2.17. The molecule has 0 heterocycles. The van der Waals surface area contributed by atoms with Crippen molar-refractivity contribution < 1.29 is 4.74 Å². The Labute approximate surface area is 123 Å². The highest BCUT2D eigenvalue weighted by molar-refractivity contribution is 5.28. The Hall–Kier alpha value is -1.06. The summed E-state index contributed by atoms with van der Waals surface area (Å²) in [6.45, 7) is 8.38. The Balaban J connectivity index is 2.62. The predicted molar refractivity (Wildman–Crippen MR) is 86.2 cm³/mol. The Morgan fingerprint density at radius 3 is 2.25 bits per heavy atom. The van der Waals surface area contributed by atoms with Gasteiger partial charge in [0, 0.05) is 12.1 Å². The molecule has 1 aromatic carbocycles. The van der Waals surface area contributed by atoms with Crippen molar-refractivity contribution in [3.05, 3.63) is 29.8 Å². The van der Waals surface area contributed by atoms with E-state index < -0.39 is 0 Å². The van der Waals surface area contributed by atoms with E-state index in [1.54, 1.807) is 7.11 Å². The van der Waals surface area contributed by atoms with E-state index >= 15 is 0 Å². The molecule has 3 N–H and O–H groups in total. The van der Waals surface area contributed by atoms with Crippen LogP contribution in [0.2, 0.25) is 0 Å². The highest BCUT2D eigenvalue weighted by Gasteiger charge is 2.23. The van der Waals surface area contributed by atoms with Crippen molar-refractivity contribution in [2.24, 2.45) is 11.7 Å². The first-order valence-electron chi connectivity index (χ1n) is 7.65. The van der Waals surface area contributed by atoms with Crippen LogP contribution in [0, 0.1) is 5.92 Å². The summed E-state index contributed by atoms with van der Waals surface area (Å²) in [5.74, 6) is 1.63. The van der Waals surface area contributed by atoms with Crippen molar-refractivity contribution >= 4 is 0 Å². The summed E-state index contributed by atoms with van der Waals surface area (Å²) < 4.78 is 5.19. The van der Waals surface area contributed by atoms with Crippen molar-refractivity contribution in [1.29, 1.82) is 0 Å². The third-order valence-electron chi connectivity index (χ3n) is 4.18. The summed E-state index contributed by atoms with van der Waals surface area (Å²) in [7, 11) is 1.69. The zero-order chi connectivity index (χ0) is 15.0. The van der Waals surface area contributed by atoms with Crippen LogP contribution in [-0.4, -0.2) is 25.7 Å². The average molecular weight is 278 g/mol. The fourth-order valence-corrected chi connectivity index (χ4v) is 2.37. The second-order valence-corrected chi connectivity index (χ2v) is 5.85. The molecule has 1 aromatic rings. The molecule has 0 aliphatic heterocycles. The zero-order valence-corrected chi connectivity index (χ0v) is 13.4. The molecule has 0 aliphatic carbocycles. The van der Waals surface area contributed by atoms with Gasteiger partial charge in [-0.05, 0) is 43.5 Å². The summed E-state index contributed by atoms with van der Waals surface area (Å²) in [5.41, 5.74) is 7.24. The van der Waals surface area contributed by atoms with Crippen molar-refractivity contribution in [2.75, 3.05) is 20.2 Å². The minimum Gasteiger partial charge on any atom is -0.497 e. The minimum absolute atomic E-state index is 0.0445. The van der Waals surface area contributed by atoms with Gasteiger partial charge in [0.05, 0.1) is 7.11 Å². The van der Waals surface area contributed by atoms with Crippen LogP contribution in [0.1, 0.15) is 39.2 Å². The van der Waals surface area contributed by atoms with Crippen molar-refractivity contribution in [3.63, 3.8) is 0 Å². The summed E-state index contributed by atoms with van der Waals surface area (Å²) in [5, 5.41) is 3.67. The molecular formula is C17H30N2O. The van der Waals surface area contributed by atoms with Crippen LogP contribution in [0.15, 0.2) is 24.3 Å². The van der Waals surface area contributed by atoms with E-state index in [2.05, 4.69) is 38.2 Å². The maximum absolute atomic E-state index is 5.99. The van der Waals surface area contributed by atoms with Crippen LogP contribution in [0.5, 0.6) is 5.75 Å². The van der Waals surface area contributed by atoms with Gasteiger partial charge in [-0.15, -0.1) is 0 Å². The lowest BCUT2D eigenvalue weighted by Gasteiger charge is -2.31. The fourth-order valence-electron chi connectivity index (χ4n) is 2.37. The molecule has 0 saturated carbocycles. The standard InChI is InChI=1S/C17H30N2O/c1-5-14(6-2)12-19-17(3,13-18)11-15-7-9-16(20-4)10-8-15/h7-10,14,19H,5-6,11-13,18H2,1-4H3. The molecule has 20 heavy (non-hydrogen) atoms. The van der Waals surface area contributed by atoms with Gasteiger partial charge in [-0.2, -0.15) is 0 Å². The lowest BCUT2D eigenvalue weighted by atomic mass is 9.91. The van der Waals surface area contributed by atoms with Gasteiger partial charge in [-0.3, -0.25) is 0 Å². The van der Waals surface area contributed by atoms with E-state index in [-0.39, 0.29) is 5.54 Å². The number of nitrogens with one attached hydrogen (secondary N) is 1. The smallest absolute Gasteiger partial charge is 0.118 e. The second kappa shape index (κ2) is 8.28. The largest absolute Gasteiger partial charge is 0.497 e. The van der Waals surface area contributed by atoms with E-state index in [9.17, 15) is 0 Å². The van der Waals surface area contributed by atoms with E-state index in [4.69, 9.17) is 10.5 Å². The molecule has 3 nitrogen and oxygen atoms in total. The Bertz CT molecular complexity index is 373. The van der Waals surface area contributed by atoms with E-state index in [0.717, 1.165) is 24.6 Å². The monoisotopic (exact) mass is 278 g/mol. The number of hydrogen-bond acceptors (Lipinski definition) is 3. The van der Waals surface area contributed by atoms with Gasteiger partial charge in [0.1, 0.15) is 5.75 Å². The molecule has 114 valence electrons. The van der Waals surface area contributed by atoms with Crippen LogP contribution in [0.3, 0.4) is 0 Å². The SMILES string of the molecule is CCC(CC)CNC(C)(CN)Cc1ccc(OC)cc1. The summed E-state index contributed by atoms with van der Waals surface area (Å²) in [6, 6.07) is 8.25. The van der Waals surface area contributed by atoms with E-state index in [1.807, 2.05) is 12.1 Å². The molecule has 0 amide bonds. The lowest BCUT2D eigenvalue weighted by molar-refractivity contribution is 0.319. The Kier molecular flexibility index (Phi) is 7.03. The van der Waals surface area contributed by atoms with Gasteiger partial charge < -0.3 is 15.8 Å². The fraction of sp³-hybridized carbons (Fsp3) is 0.647. The molecule has 0 spiro atoms. The first kappa shape index (κ1) is 17.0. The molecular weight excluding hydrogens is 248 g/mol. The molecule has 3 heteroatoms. The Morgan fingerprint density at radius 1 is 1.20 bits per heavy atom. The third kappa shape index (κ3) is 5.14. The van der Waals surface area contributed by atoms with Gasteiger partial charge in [0.2, 0.25) is 0 Å². The zero-order valence-electron chi connectivity index (χ0n) is 13.4. The quantitative estimate of drug-likeness (QED) is 0.730. The molecule has 0 fully saturated rings. The number of nitrogens with two attached hydrogens (primary N) is 1. The van der Waals surface area contributed by atoms with Crippen LogP contribution >= 0.6 is 0 Å². The number of hydrogen-bond donors (Lipinski definition) is 2. The summed E-state index contributed by atoms with van der Waals surface area (Å²) in [6.07, 6.45) is 3.37. The van der Waals surface area contributed by atoms with Crippen LogP contribution < -0.4 is 15.8 Å². The van der Waals surface area contributed by atoms with Crippen LogP contribution in [0.25, 0.3) is 0 Å². The third-order valence-corrected chi connectivity index (χ3v) is 4.18. The highest BCUT2D eigenvalue weighted by atomic mass is 16.5. The van der Waals surface area contributed by atoms with Crippen molar-refractivity contribution in [1.82, 2.24) is 5.32 Å². The van der Waals surface area contributed by atoms with Gasteiger partial charge >= 0.3 is 0 Å². The predicted octanol–water partition coefficient (Wildman–Crippen LogP) is 2.98. The van der Waals surface area contributed by atoms with Gasteiger partial charge in [-0.1, -0.05) is 38.8 Å².